The van der Waals surface area contributed by atoms with Gasteiger partial charge in [-0.1, -0.05) is 19.9 Å². The molecule has 0 amide bonds. The summed E-state index contributed by atoms with van der Waals surface area (Å²) in [7, 11) is 0. The van der Waals surface area contributed by atoms with Crippen molar-refractivity contribution in [3.05, 3.63) is 23.8 Å². The van der Waals surface area contributed by atoms with Crippen LogP contribution in [0.15, 0.2) is 18.2 Å². The summed E-state index contributed by atoms with van der Waals surface area (Å²) in [4.78, 5) is 13.4. The smallest absolute Gasteiger partial charge is 0.326 e. The second-order valence-electron chi connectivity index (χ2n) is 5.03. The molecule has 1 aliphatic rings. The number of benzene rings is 1. The zero-order valence-electron chi connectivity index (χ0n) is 11.7. The molecule has 1 aliphatic heterocycles. The van der Waals surface area contributed by atoms with Crippen LogP contribution in [0, 0.1) is 6.92 Å². The molecule has 2 atom stereocenters. The van der Waals surface area contributed by atoms with Crippen molar-refractivity contribution >= 4 is 11.7 Å². The van der Waals surface area contributed by atoms with Gasteiger partial charge >= 0.3 is 5.97 Å². The number of carboxylic acid groups (broad SMARTS) is 1. The van der Waals surface area contributed by atoms with E-state index >= 15 is 0 Å². The fourth-order valence-electron chi connectivity index (χ4n) is 2.52. The van der Waals surface area contributed by atoms with E-state index < -0.39 is 12.0 Å². The van der Waals surface area contributed by atoms with E-state index in [2.05, 4.69) is 6.92 Å². The van der Waals surface area contributed by atoms with Crippen molar-refractivity contribution in [1.29, 1.82) is 0 Å². The van der Waals surface area contributed by atoms with Crippen LogP contribution >= 0.6 is 0 Å². The van der Waals surface area contributed by atoms with E-state index in [4.69, 9.17) is 4.74 Å². The number of rotatable bonds is 4. The quantitative estimate of drug-likeness (QED) is 0.907. The Bertz CT molecular complexity index is 472. The lowest BCUT2D eigenvalue weighted by atomic mass is 10.1. The molecule has 0 fully saturated rings. The predicted molar refractivity (Wildman–Crippen MR) is 74.9 cm³/mol. The molecule has 1 aromatic rings. The van der Waals surface area contributed by atoms with Crippen LogP contribution in [0.5, 0.6) is 5.75 Å². The first kappa shape index (κ1) is 13.7. The van der Waals surface area contributed by atoms with Crippen LogP contribution in [-0.4, -0.2) is 29.8 Å². The topological polar surface area (TPSA) is 49.8 Å². The lowest BCUT2D eigenvalue weighted by molar-refractivity contribution is -0.138. The Balaban J connectivity index is 2.42. The van der Waals surface area contributed by atoms with Gasteiger partial charge in [-0.05, 0) is 37.5 Å². The van der Waals surface area contributed by atoms with Gasteiger partial charge in [0.15, 0.2) is 0 Å². The van der Waals surface area contributed by atoms with Gasteiger partial charge in [0.2, 0.25) is 0 Å². The average molecular weight is 263 g/mol. The Labute approximate surface area is 114 Å². The third kappa shape index (κ3) is 2.67. The maximum Gasteiger partial charge on any atom is 0.326 e. The van der Waals surface area contributed by atoms with Crippen LogP contribution in [0.4, 0.5) is 5.69 Å². The molecule has 1 N–H and O–H groups in total. The number of aliphatic carboxylic acids is 1. The number of hydrogen-bond donors (Lipinski definition) is 1. The van der Waals surface area contributed by atoms with Gasteiger partial charge in [-0.25, -0.2) is 4.79 Å². The van der Waals surface area contributed by atoms with Crippen molar-refractivity contribution in [2.45, 2.75) is 45.8 Å². The molecule has 2 rings (SSSR count). The van der Waals surface area contributed by atoms with E-state index in [9.17, 15) is 9.90 Å². The van der Waals surface area contributed by atoms with Gasteiger partial charge in [0.1, 0.15) is 17.9 Å². The molecule has 0 aliphatic carbocycles. The normalized spacial score (nSPS) is 19.5. The summed E-state index contributed by atoms with van der Waals surface area (Å²) in [5.41, 5.74) is 2.02. The first-order chi connectivity index (χ1) is 9.06. The molecule has 0 spiro atoms. The molecule has 0 saturated heterocycles. The van der Waals surface area contributed by atoms with Crippen molar-refractivity contribution in [2.75, 3.05) is 11.4 Å². The number of carboxylic acids is 1. The number of ether oxygens (including phenoxy) is 1. The third-order valence-corrected chi connectivity index (χ3v) is 3.62. The molecular formula is C15H21NO3. The van der Waals surface area contributed by atoms with Gasteiger partial charge in [-0.15, -0.1) is 0 Å². The van der Waals surface area contributed by atoms with Crippen molar-refractivity contribution in [3.8, 4) is 5.75 Å². The van der Waals surface area contributed by atoms with Crippen molar-refractivity contribution in [2.24, 2.45) is 0 Å². The van der Waals surface area contributed by atoms with Gasteiger partial charge < -0.3 is 14.7 Å². The number of anilines is 1. The Morgan fingerprint density at radius 3 is 2.84 bits per heavy atom. The molecule has 1 aromatic carbocycles. The highest BCUT2D eigenvalue weighted by Crippen LogP contribution is 2.36. The molecule has 4 heteroatoms. The highest BCUT2D eigenvalue weighted by Gasteiger charge is 2.32. The fourth-order valence-corrected chi connectivity index (χ4v) is 2.52. The van der Waals surface area contributed by atoms with Crippen molar-refractivity contribution < 1.29 is 14.6 Å². The largest absolute Gasteiger partial charge is 0.486 e. The molecule has 19 heavy (non-hydrogen) atoms. The second kappa shape index (κ2) is 5.51. The van der Waals surface area contributed by atoms with E-state index in [1.165, 1.54) is 0 Å². The molecule has 104 valence electrons. The molecule has 2 unspecified atom stereocenters. The summed E-state index contributed by atoms with van der Waals surface area (Å²) in [6, 6.07) is 5.45. The zero-order chi connectivity index (χ0) is 14.0. The van der Waals surface area contributed by atoms with Crippen molar-refractivity contribution in [1.82, 2.24) is 0 Å². The first-order valence-electron chi connectivity index (χ1n) is 6.83. The first-order valence-corrected chi connectivity index (χ1v) is 6.83. The summed E-state index contributed by atoms with van der Waals surface area (Å²) < 4.78 is 5.91. The minimum Gasteiger partial charge on any atom is -0.486 e. The number of hydrogen-bond acceptors (Lipinski definition) is 3. The lowest BCUT2D eigenvalue weighted by Gasteiger charge is -2.39. The van der Waals surface area contributed by atoms with Crippen LogP contribution in [0.25, 0.3) is 0 Å². The van der Waals surface area contributed by atoms with E-state index in [-0.39, 0.29) is 6.10 Å². The van der Waals surface area contributed by atoms with Crippen LogP contribution in [-0.2, 0) is 4.79 Å². The van der Waals surface area contributed by atoms with Crippen LogP contribution in [0.2, 0.25) is 0 Å². The standard InChI is InChI=1S/C15H21NO3/c1-4-11-9-16(12(5-2)15(17)18)13-8-10(3)6-7-14(13)19-11/h6-8,11-12H,4-5,9H2,1-3H3,(H,17,18). The van der Waals surface area contributed by atoms with E-state index in [1.54, 1.807) is 0 Å². The highest BCUT2D eigenvalue weighted by atomic mass is 16.5. The minimum atomic E-state index is -0.772. The molecule has 0 bridgehead atoms. The van der Waals surface area contributed by atoms with Crippen molar-refractivity contribution in [3.63, 3.8) is 0 Å². The number of fused-ring (bicyclic) bond motifs is 1. The molecule has 0 radical (unpaired) electrons. The average Bonchev–Trinajstić information content (AvgIpc) is 2.39. The zero-order valence-corrected chi connectivity index (χ0v) is 11.7. The molecule has 0 aromatic heterocycles. The van der Waals surface area contributed by atoms with Gasteiger partial charge in [-0.2, -0.15) is 0 Å². The van der Waals surface area contributed by atoms with Gasteiger partial charge in [0.05, 0.1) is 12.2 Å². The second-order valence-corrected chi connectivity index (χ2v) is 5.03. The Morgan fingerprint density at radius 2 is 2.26 bits per heavy atom. The Hall–Kier alpha value is -1.71. The Morgan fingerprint density at radius 1 is 1.53 bits per heavy atom. The third-order valence-electron chi connectivity index (χ3n) is 3.62. The highest BCUT2D eigenvalue weighted by molar-refractivity contribution is 5.80. The van der Waals surface area contributed by atoms with Gasteiger partial charge in [-0.3, -0.25) is 0 Å². The summed E-state index contributed by atoms with van der Waals surface area (Å²) in [6.07, 6.45) is 1.52. The summed E-state index contributed by atoms with van der Waals surface area (Å²) in [5.74, 6) is 0.0232. The summed E-state index contributed by atoms with van der Waals surface area (Å²) in [6.45, 7) is 6.61. The minimum absolute atomic E-state index is 0.0589. The van der Waals surface area contributed by atoms with Gasteiger partial charge in [0, 0.05) is 0 Å². The number of nitrogens with zero attached hydrogens (tertiary/aromatic N) is 1. The monoisotopic (exact) mass is 263 g/mol. The number of aryl methyl sites for hydroxylation is 1. The van der Waals surface area contributed by atoms with Crippen LogP contribution in [0.3, 0.4) is 0 Å². The summed E-state index contributed by atoms with van der Waals surface area (Å²) in [5, 5.41) is 9.40. The lowest BCUT2D eigenvalue weighted by Crippen LogP contribution is -2.48. The van der Waals surface area contributed by atoms with E-state index in [0.717, 1.165) is 23.4 Å². The van der Waals surface area contributed by atoms with E-state index in [1.807, 2.05) is 36.9 Å². The molecule has 1 heterocycles. The molecule has 0 saturated carbocycles. The van der Waals surface area contributed by atoms with Crippen LogP contribution < -0.4 is 9.64 Å². The molecular weight excluding hydrogens is 242 g/mol. The fraction of sp³-hybridized carbons (Fsp3) is 0.533. The maximum absolute atomic E-state index is 11.4. The summed E-state index contributed by atoms with van der Waals surface area (Å²) >= 11 is 0. The number of carbonyl (C=O) groups is 1. The predicted octanol–water partition coefficient (Wildman–Crippen LogP) is 2.84. The van der Waals surface area contributed by atoms with Gasteiger partial charge in [0.25, 0.3) is 0 Å². The Kier molecular flexibility index (Phi) is 3.98. The SMILES string of the molecule is CCC1CN(C(CC)C(=O)O)c2cc(C)ccc2O1. The van der Waals surface area contributed by atoms with Crippen LogP contribution in [0.1, 0.15) is 32.3 Å². The maximum atomic E-state index is 11.4. The van der Waals surface area contributed by atoms with E-state index in [0.29, 0.717) is 13.0 Å². The molecule has 4 nitrogen and oxygen atoms in total.